The summed E-state index contributed by atoms with van der Waals surface area (Å²) in [7, 11) is 0. The Bertz CT molecular complexity index is 412. The number of carbonyl (C=O) groups excluding carboxylic acids is 1. The van der Waals surface area contributed by atoms with Crippen LogP contribution in [0.2, 0.25) is 5.15 Å². The molecule has 0 aliphatic carbocycles. The summed E-state index contributed by atoms with van der Waals surface area (Å²) >= 11 is 5.79. The fourth-order valence-electron chi connectivity index (χ4n) is 2.03. The van der Waals surface area contributed by atoms with Crippen molar-refractivity contribution in [2.75, 3.05) is 30.7 Å². The first-order chi connectivity index (χ1) is 8.65. The van der Waals surface area contributed by atoms with Gasteiger partial charge in [0.05, 0.1) is 6.54 Å². The molecular weight excluding hydrogens is 252 g/mol. The highest BCUT2D eigenvalue weighted by molar-refractivity contribution is 6.29. The molecule has 1 aliphatic heterocycles. The number of nitrogens with two attached hydrogens (primary N) is 1. The normalized spacial score (nSPS) is 15.5. The summed E-state index contributed by atoms with van der Waals surface area (Å²) in [4.78, 5) is 17.8. The van der Waals surface area contributed by atoms with E-state index in [1.165, 1.54) is 6.42 Å². The van der Waals surface area contributed by atoms with E-state index in [9.17, 15) is 4.79 Å². The Morgan fingerprint density at radius 1 is 1.39 bits per heavy atom. The number of nitrogens with one attached hydrogen (secondary N) is 1. The minimum absolute atomic E-state index is 0.0926. The molecule has 1 fully saturated rings. The zero-order chi connectivity index (χ0) is 13.0. The third-order valence-electron chi connectivity index (χ3n) is 2.95. The van der Waals surface area contributed by atoms with Crippen molar-refractivity contribution in [3.63, 3.8) is 0 Å². The molecule has 2 rings (SSSR count). The number of hydrogen-bond acceptors (Lipinski definition) is 4. The van der Waals surface area contributed by atoms with Crippen LogP contribution in [0.1, 0.15) is 19.3 Å². The molecule has 1 aliphatic rings. The first kappa shape index (κ1) is 13.0. The van der Waals surface area contributed by atoms with E-state index in [0.29, 0.717) is 16.7 Å². The van der Waals surface area contributed by atoms with Crippen LogP contribution in [0.25, 0.3) is 0 Å². The zero-order valence-electron chi connectivity index (χ0n) is 10.2. The summed E-state index contributed by atoms with van der Waals surface area (Å²) in [5.74, 6) is 0.625. The number of nitrogen functional groups attached to an aromatic ring is 1. The molecule has 1 amide bonds. The molecule has 0 spiro atoms. The molecule has 1 saturated heterocycles. The number of rotatable bonds is 3. The van der Waals surface area contributed by atoms with Crippen molar-refractivity contribution < 1.29 is 4.79 Å². The molecule has 0 radical (unpaired) electrons. The van der Waals surface area contributed by atoms with Crippen LogP contribution in [0.4, 0.5) is 11.5 Å². The lowest BCUT2D eigenvalue weighted by atomic mass is 10.1. The number of likely N-dealkylation sites (tertiary alicyclic amines) is 1. The third kappa shape index (κ3) is 3.50. The molecule has 3 N–H and O–H groups in total. The van der Waals surface area contributed by atoms with E-state index in [2.05, 4.69) is 10.3 Å². The largest absolute Gasteiger partial charge is 0.399 e. The zero-order valence-corrected chi connectivity index (χ0v) is 10.9. The van der Waals surface area contributed by atoms with Crippen LogP contribution in [0.15, 0.2) is 12.1 Å². The molecule has 2 heterocycles. The molecule has 1 aromatic rings. The summed E-state index contributed by atoms with van der Waals surface area (Å²) in [6.07, 6.45) is 3.39. The van der Waals surface area contributed by atoms with E-state index in [1.807, 2.05) is 4.90 Å². The van der Waals surface area contributed by atoms with Gasteiger partial charge in [-0.1, -0.05) is 11.6 Å². The van der Waals surface area contributed by atoms with E-state index < -0.39 is 0 Å². The summed E-state index contributed by atoms with van der Waals surface area (Å²) in [6.45, 7) is 1.93. The van der Waals surface area contributed by atoms with Crippen molar-refractivity contribution in [2.45, 2.75) is 19.3 Å². The second kappa shape index (κ2) is 5.91. The molecule has 0 unspecified atom stereocenters. The van der Waals surface area contributed by atoms with E-state index in [1.54, 1.807) is 12.1 Å². The minimum Gasteiger partial charge on any atom is -0.399 e. The van der Waals surface area contributed by atoms with E-state index in [4.69, 9.17) is 17.3 Å². The molecule has 6 heteroatoms. The number of halogens is 1. The topological polar surface area (TPSA) is 71.2 Å². The lowest BCUT2D eigenvalue weighted by molar-refractivity contribution is -0.130. The monoisotopic (exact) mass is 268 g/mol. The standard InChI is InChI=1S/C12H17ClN4O/c13-10-6-9(14)7-11(16-10)15-8-12(18)17-4-2-1-3-5-17/h6-7H,1-5,8H2,(H3,14,15,16). The van der Waals surface area contributed by atoms with Gasteiger partial charge in [-0.2, -0.15) is 0 Å². The highest BCUT2D eigenvalue weighted by Crippen LogP contribution is 2.16. The number of pyridine rings is 1. The van der Waals surface area contributed by atoms with Crippen molar-refractivity contribution >= 4 is 29.0 Å². The lowest BCUT2D eigenvalue weighted by Gasteiger charge is -2.26. The molecule has 98 valence electrons. The van der Waals surface area contributed by atoms with Gasteiger partial charge in [0, 0.05) is 24.8 Å². The Morgan fingerprint density at radius 3 is 2.78 bits per heavy atom. The van der Waals surface area contributed by atoms with Crippen LogP contribution in [0, 0.1) is 0 Å². The van der Waals surface area contributed by atoms with E-state index >= 15 is 0 Å². The smallest absolute Gasteiger partial charge is 0.241 e. The number of amides is 1. The highest BCUT2D eigenvalue weighted by Gasteiger charge is 2.16. The Labute approximate surface area is 111 Å². The fourth-order valence-corrected chi connectivity index (χ4v) is 2.25. The van der Waals surface area contributed by atoms with E-state index in [-0.39, 0.29) is 12.5 Å². The second-order valence-electron chi connectivity index (χ2n) is 4.40. The van der Waals surface area contributed by atoms with Crippen LogP contribution in [0.5, 0.6) is 0 Å². The summed E-state index contributed by atoms with van der Waals surface area (Å²) in [6, 6.07) is 3.23. The van der Waals surface area contributed by atoms with Gasteiger partial charge in [0.15, 0.2) is 0 Å². The summed E-state index contributed by atoms with van der Waals surface area (Å²) in [5, 5.41) is 3.28. The minimum atomic E-state index is 0.0926. The van der Waals surface area contributed by atoms with Gasteiger partial charge in [-0.3, -0.25) is 4.79 Å². The van der Waals surface area contributed by atoms with Crippen molar-refractivity contribution in [2.24, 2.45) is 0 Å². The van der Waals surface area contributed by atoms with Gasteiger partial charge in [-0.15, -0.1) is 0 Å². The van der Waals surface area contributed by atoms with Crippen LogP contribution >= 0.6 is 11.6 Å². The highest BCUT2D eigenvalue weighted by atomic mass is 35.5. The van der Waals surface area contributed by atoms with Gasteiger partial charge in [0.2, 0.25) is 5.91 Å². The first-order valence-corrected chi connectivity index (χ1v) is 6.47. The van der Waals surface area contributed by atoms with Crippen LogP contribution in [-0.2, 0) is 4.79 Å². The Kier molecular flexibility index (Phi) is 4.25. The number of aromatic nitrogens is 1. The molecule has 0 saturated carbocycles. The van der Waals surface area contributed by atoms with Crippen molar-refractivity contribution in [3.8, 4) is 0 Å². The summed E-state index contributed by atoms with van der Waals surface area (Å²) < 4.78 is 0. The molecule has 0 bridgehead atoms. The van der Waals surface area contributed by atoms with Gasteiger partial charge < -0.3 is 16.0 Å². The predicted octanol–water partition coefficient (Wildman–Crippen LogP) is 1.74. The molecule has 18 heavy (non-hydrogen) atoms. The van der Waals surface area contributed by atoms with Gasteiger partial charge in [0.25, 0.3) is 0 Å². The molecule has 0 atom stereocenters. The average Bonchev–Trinajstić information content (AvgIpc) is 2.36. The lowest BCUT2D eigenvalue weighted by Crippen LogP contribution is -2.39. The van der Waals surface area contributed by atoms with E-state index in [0.717, 1.165) is 25.9 Å². The quantitative estimate of drug-likeness (QED) is 0.819. The van der Waals surface area contributed by atoms with Crippen LogP contribution in [-0.4, -0.2) is 35.4 Å². The van der Waals surface area contributed by atoms with Crippen molar-refractivity contribution in [3.05, 3.63) is 17.3 Å². The SMILES string of the molecule is Nc1cc(Cl)nc(NCC(=O)N2CCCCC2)c1. The second-order valence-corrected chi connectivity index (χ2v) is 4.79. The van der Waals surface area contributed by atoms with Crippen molar-refractivity contribution in [1.82, 2.24) is 9.88 Å². The maximum absolute atomic E-state index is 11.9. The Balaban J connectivity index is 1.88. The number of hydrogen-bond donors (Lipinski definition) is 2. The number of anilines is 2. The maximum atomic E-state index is 11.9. The molecule has 0 aromatic carbocycles. The molecule has 1 aromatic heterocycles. The Morgan fingerprint density at radius 2 is 2.11 bits per heavy atom. The average molecular weight is 269 g/mol. The van der Waals surface area contributed by atoms with Gasteiger partial charge >= 0.3 is 0 Å². The molecular formula is C12H17ClN4O. The van der Waals surface area contributed by atoms with Gasteiger partial charge in [0.1, 0.15) is 11.0 Å². The third-order valence-corrected chi connectivity index (χ3v) is 3.14. The number of nitrogens with zero attached hydrogens (tertiary/aromatic N) is 2. The predicted molar refractivity (Wildman–Crippen MR) is 72.6 cm³/mol. The molecule has 5 nitrogen and oxygen atoms in total. The fraction of sp³-hybridized carbons (Fsp3) is 0.500. The number of piperidine rings is 1. The Hall–Kier alpha value is -1.49. The number of carbonyl (C=O) groups is 1. The first-order valence-electron chi connectivity index (χ1n) is 6.10. The van der Waals surface area contributed by atoms with Crippen molar-refractivity contribution in [1.29, 1.82) is 0 Å². The van der Waals surface area contributed by atoms with Crippen LogP contribution in [0.3, 0.4) is 0 Å². The summed E-state index contributed by atoms with van der Waals surface area (Å²) in [5.41, 5.74) is 6.18. The maximum Gasteiger partial charge on any atom is 0.241 e. The van der Waals surface area contributed by atoms with Crippen LogP contribution < -0.4 is 11.1 Å². The van der Waals surface area contributed by atoms with Gasteiger partial charge in [-0.05, 0) is 25.3 Å². The van der Waals surface area contributed by atoms with Gasteiger partial charge in [-0.25, -0.2) is 4.98 Å².